The molecule has 2 aromatic heterocycles. The summed E-state index contributed by atoms with van der Waals surface area (Å²) in [5.41, 5.74) is 3.82. The number of anilines is 3. The summed E-state index contributed by atoms with van der Waals surface area (Å²) in [6.07, 6.45) is 8.74. The van der Waals surface area contributed by atoms with Gasteiger partial charge >= 0.3 is 0 Å². The summed E-state index contributed by atoms with van der Waals surface area (Å²) in [7, 11) is 0. The van der Waals surface area contributed by atoms with Gasteiger partial charge in [0.25, 0.3) is 0 Å². The number of hydrogen-bond acceptors (Lipinski definition) is 8. The summed E-state index contributed by atoms with van der Waals surface area (Å²) in [6.45, 7) is 3.87. The van der Waals surface area contributed by atoms with Gasteiger partial charge in [0.1, 0.15) is 11.5 Å². The highest BCUT2D eigenvalue weighted by atomic mass is 35.5. The SMILES string of the molecule is Clc1ccc(-c2ccc(C=NNc3nc(N4CCCCC4)nc(N4CCCCC4)n3)o2)cc1Cl. The summed E-state index contributed by atoms with van der Waals surface area (Å²) in [6, 6.07) is 9.09. The van der Waals surface area contributed by atoms with Crippen LogP contribution in [0, 0.1) is 0 Å². The smallest absolute Gasteiger partial charge is 0.250 e. The van der Waals surface area contributed by atoms with Crippen molar-refractivity contribution in [2.75, 3.05) is 41.4 Å². The molecule has 2 saturated heterocycles. The molecule has 0 amide bonds. The van der Waals surface area contributed by atoms with Crippen molar-refractivity contribution in [3.05, 3.63) is 46.1 Å². The summed E-state index contributed by atoms with van der Waals surface area (Å²) in [5, 5.41) is 5.31. The molecule has 2 fully saturated rings. The Labute approximate surface area is 209 Å². The van der Waals surface area contributed by atoms with Gasteiger partial charge in [0.15, 0.2) is 0 Å². The molecule has 5 rings (SSSR count). The van der Waals surface area contributed by atoms with Gasteiger partial charge in [-0.2, -0.15) is 20.1 Å². The number of hydrogen-bond donors (Lipinski definition) is 1. The average Bonchev–Trinajstić information content (AvgIpc) is 3.35. The van der Waals surface area contributed by atoms with Crippen molar-refractivity contribution in [3.8, 4) is 11.3 Å². The highest BCUT2D eigenvalue weighted by Gasteiger charge is 2.20. The number of nitrogens with zero attached hydrogens (tertiary/aromatic N) is 6. The van der Waals surface area contributed by atoms with Crippen LogP contribution in [0.5, 0.6) is 0 Å². The van der Waals surface area contributed by atoms with Crippen LogP contribution in [0.4, 0.5) is 17.8 Å². The molecule has 10 heteroatoms. The van der Waals surface area contributed by atoms with Crippen LogP contribution in [0.15, 0.2) is 39.9 Å². The Morgan fingerprint density at radius 2 is 1.44 bits per heavy atom. The fraction of sp³-hybridized carbons (Fsp3) is 0.417. The molecule has 4 heterocycles. The van der Waals surface area contributed by atoms with Crippen LogP contribution in [0.2, 0.25) is 10.0 Å². The Balaban J connectivity index is 1.33. The van der Waals surface area contributed by atoms with Gasteiger partial charge in [-0.25, -0.2) is 5.43 Å². The Kier molecular flexibility index (Phi) is 7.16. The molecule has 8 nitrogen and oxygen atoms in total. The van der Waals surface area contributed by atoms with E-state index in [0.717, 1.165) is 57.4 Å². The quantitative estimate of drug-likeness (QED) is 0.335. The first-order valence-electron chi connectivity index (χ1n) is 11.8. The Morgan fingerprint density at radius 3 is 2.06 bits per heavy atom. The zero-order chi connectivity index (χ0) is 23.3. The minimum Gasteiger partial charge on any atom is -0.455 e. The normalized spacial score (nSPS) is 16.9. The molecular weight excluding hydrogens is 473 g/mol. The first-order valence-corrected chi connectivity index (χ1v) is 12.5. The number of hydrazone groups is 1. The van der Waals surface area contributed by atoms with Gasteiger partial charge in [-0.05, 0) is 68.9 Å². The minimum atomic E-state index is 0.434. The molecule has 1 aromatic carbocycles. The van der Waals surface area contributed by atoms with Crippen LogP contribution in [0.1, 0.15) is 44.3 Å². The average molecular weight is 500 g/mol. The van der Waals surface area contributed by atoms with Crippen LogP contribution >= 0.6 is 23.2 Å². The molecule has 0 aliphatic carbocycles. The third-order valence-corrected chi connectivity index (χ3v) is 6.82. The van der Waals surface area contributed by atoms with Crippen LogP contribution in [-0.2, 0) is 0 Å². The molecular formula is C24H27Cl2N7O. The number of furan rings is 1. The van der Waals surface area contributed by atoms with Gasteiger partial charge in [0.05, 0.1) is 16.3 Å². The van der Waals surface area contributed by atoms with Crippen LogP contribution < -0.4 is 15.2 Å². The largest absolute Gasteiger partial charge is 0.455 e. The topological polar surface area (TPSA) is 82.7 Å². The van der Waals surface area contributed by atoms with E-state index >= 15 is 0 Å². The number of rotatable bonds is 6. The van der Waals surface area contributed by atoms with Gasteiger partial charge in [0, 0.05) is 31.7 Å². The molecule has 34 heavy (non-hydrogen) atoms. The van der Waals surface area contributed by atoms with Gasteiger partial charge in [0.2, 0.25) is 17.8 Å². The zero-order valence-corrected chi connectivity index (χ0v) is 20.4. The van der Waals surface area contributed by atoms with E-state index in [1.165, 1.54) is 12.8 Å². The summed E-state index contributed by atoms with van der Waals surface area (Å²) < 4.78 is 5.88. The van der Waals surface area contributed by atoms with Gasteiger partial charge in [-0.15, -0.1) is 0 Å². The molecule has 1 N–H and O–H groups in total. The lowest BCUT2D eigenvalue weighted by Gasteiger charge is -2.30. The summed E-state index contributed by atoms with van der Waals surface area (Å²) in [5.74, 6) is 3.14. The van der Waals surface area contributed by atoms with Gasteiger partial charge < -0.3 is 14.2 Å². The molecule has 3 aromatic rings. The number of benzene rings is 1. The summed E-state index contributed by atoms with van der Waals surface area (Å²) >= 11 is 12.1. The Hall–Kier alpha value is -2.84. The molecule has 0 saturated carbocycles. The monoisotopic (exact) mass is 499 g/mol. The number of halogens is 2. The standard InChI is InChI=1S/C24H27Cl2N7O/c25-19-9-7-17(15-20(19)26)21-10-8-18(34-21)16-27-31-22-28-23(32-11-3-1-4-12-32)30-24(29-22)33-13-5-2-6-14-33/h7-10,15-16H,1-6,11-14H2,(H,28,29,30,31). The second-order valence-electron chi connectivity index (χ2n) is 8.56. The van der Waals surface area contributed by atoms with E-state index < -0.39 is 0 Å². The summed E-state index contributed by atoms with van der Waals surface area (Å²) in [4.78, 5) is 18.6. The lowest BCUT2D eigenvalue weighted by molar-refractivity contribution is 0.556. The first-order chi connectivity index (χ1) is 16.7. The lowest BCUT2D eigenvalue weighted by Crippen LogP contribution is -2.34. The number of nitrogens with one attached hydrogen (secondary N) is 1. The van der Waals surface area contributed by atoms with E-state index in [2.05, 4.69) is 30.3 Å². The maximum absolute atomic E-state index is 6.12. The van der Waals surface area contributed by atoms with E-state index in [-0.39, 0.29) is 0 Å². The third-order valence-electron chi connectivity index (χ3n) is 6.08. The van der Waals surface area contributed by atoms with Crippen LogP contribution in [0.25, 0.3) is 11.3 Å². The maximum atomic E-state index is 6.12. The highest BCUT2D eigenvalue weighted by Crippen LogP contribution is 2.29. The fourth-order valence-corrected chi connectivity index (χ4v) is 4.55. The molecule has 2 aliphatic rings. The zero-order valence-electron chi connectivity index (χ0n) is 18.9. The van der Waals surface area contributed by atoms with Gasteiger partial charge in [-0.3, -0.25) is 0 Å². The first kappa shape index (κ1) is 22.9. The molecule has 0 spiro atoms. The molecule has 0 radical (unpaired) electrons. The third kappa shape index (κ3) is 5.45. The number of aromatic nitrogens is 3. The van der Waals surface area contributed by atoms with Crippen molar-refractivity contribution in [2.24, 2.45) is 5.10 Å². The fourth-order valence-electron chi connectivity index (χ4n) is 4.25. The van der Waals surface area contributed by atoms with Crippen LogP contribution in [-0.4, -0.2) is 47.3 Å². The predicted molar refractivity (Wildman–Crippen MR) is 137 cm³/mol. The van der Waals surface area contributed by atoms with E-state index in [1.54, 1.807) is 18.3 Å². The van der Waals surface area contributed by atoms with Crippen molar-refractivity contribution in [1.29, 1.82) is 0 Å². The molecule has 0 unspecified atom stereocenters. The molecule has 178 valence electrons. The second-order valence-corrected chi connectivity index (χ2v) is 9.37. The van der Waals surface area contributed by atoms with Crippen molar-refractivity contribution in [3.63, 3.8) is 0 Å². The number of piperidine rings is 2. The minimum absolute atomic E-state index is 0.434. The lowest BCUT2D eigenvalue weighted by atomic mass is 10.1. The van der Waals surface area contributed by atoms with E-state index in [1.807, 2.05) is 18.2 Å². The van der Waals surface area contributed by atoms with E-state index in [0.29, 0.717) is 39.4 Å². The van der Waals surface area contributed by atoms with Crippen molar-refractivity contribution in [2.45, 2.75) is 38.5 Å². The Morgan fingerprint density at radius 1 is 0.794 bits per heavy atom. The van der Waals surface area contributed by atoms with Gasteiger partial charge in [-0.1, -0.05) is 23.2 Å². The van der Waals surface area contributed by atoms with E-state index in [4.69, 9.17) is 32.6 Å². The molecule has 2 aliphatic heterocycles. The second kappa shape index (κ2) is 10.6. The van der Waals surface area contributed by atoms with Crippen molar-refractivity contribution in [1.82, 2.24) is 15.0 Å². The highest BCUT2D eigenvalue weighted by molar-refractivity contribution is 6.42. The van der Waals surface area contributed by atoms with Crippen molar-refractivity contribution < 1.29 is 4.42 Å². The molecule has 0 bridgehead atoms. The Bertz CT molecular complexity index is 1120. The predicted octanol–water partition coefficient (Wildman–Crippen LogP) is 5.87. The van der Waals surface area contributed by atoms with E-state index in [9.17, 15) is 0 Å². The van der Waals surface area contributed by atoms with Crippen LogP contribution in [0.3, 0.4) is 0 Å². The van der Waals surface area contributed by atoms with Crippen molar-refractivity contribution >= 4 is 47.3 Å². The maximum Gasteiger partial charge on any atom is 0.250 e. The molecule has 0 atom stereocenters.